The molecular weight excluding hydrogens is 324 g/mol. The van der Waals surface area contributed by atoms with Crippen LogP contribution >= 0.6 is 0 Å². The second kappa shape index (κ2) is 8.50. The molecule has 2 aromatic carbocycles. The quantitative estimate of drug-likeness (QED) is 0.677. The van der Waals surface area contributed by atoms with Crippen molar-refractivity contribution < 1.29 is 9.47 Å². The van der Waals surface area contributed by atoms with Gasteiger partial charge in [-0.1, -0.05) is 24.3 Å². The maximum atomic E-state index is 5.51. The van der Waals surface area contributed by atoms with Crippen LogP contribution in [0.1, 0.15) is 24.1 Å². The Bertz CT molecular complexity index is 850. The second-order valence-corrected chi connectivity index (χ2v) is 6.16. The number of nitrogens with zero attached hydrogens (tertiary/aromatic N) is 1. The Hall–Kier alpha value is -2.85. The summed E-state index contributed by atoms with van der Waals surface area (Å²) in [7, 11) is 3.38. The van der Waals surface area contributed by atoms with Gasteiger partial charge in [-0.15, -0.1) is 0 Å². The highest BCUT2D eigenvalue weighted by Gasteiger charge is 2.09. The third-order valence-corrected chi connectivity index (χ3v) is 4.44. The van der Waals surface area contributed by atoms with E-state index in [0.29, 0.717) is 0 Å². The van der Waals surface area contributed by atoms with Crippen molar-refractivity contribution in [1.29, 1.82) is 0 Å². The van der Waals surface area contributed by atoms with Crippen LogP contribution in [0.5, 0.6) is 11.5 Å². The van der Waals surface area contributed by atoms with Crippen molar-refractivity contribution in [3.8, 4) is 22.6 Å². The highest BCUT2D eigenvalue weighted by molar-refractivity contribution is 5.70. The fraction of sp³-hybridized carbons (Fsp3) is 0.227. The van der Waals surface area contributed by atoms with Crippen LogP contribution in [0.2, 0.25) is 0 Å². The lowest BCUT2D eigenvalue weighted by atomic mass is 10.0. The van der Waals surface area contributed by atoms with Gasteiger partial charge in [-0.25, -0.2) is 0 Å². The Labute approximate surface area is 154 Å². The van der Waals surface area contributed by atoms with Crippen molar-refractivity contribution in [2.24, 2.45) is 0 Å². The Balaban J connectivity index is 1.76. The Morgan fingerprint density at radius 3 is 2.62 bits per heavy atom. The molecule has 3 aromatic rings. The highest BCUT2D eigenvalue weighted by atomic mass is 16.5. The Morgan fingerprint density at radius 1 is 1.00 bits per heavy atom. The van der Waals surface area contributed by atoms with Gasteiger partial charge in [-0.2, -0.15) is 0 Å². The number of methoxy groups -OCH3 is 2. The van der Waals surface area contributed by atoms with E-state index in [-0.39, 0.29) is 6.04 Å². The second-order valence-electron chi connectivity index (χ2n) is 6.16. The molecule has 134 valence electrons. The van der Waals surface area contributed by atoms with Crippen LogP contribution in [0.4, 0.5) is 0 Å². The van der Waals surface area contributed by atoms with E-state index >= 15 is 0 Å². The van der Waals surface area contributed by atoms with E-state index in [1.807, 2.05) is 36.5 Å². The molecule has 4 nitrogen and oxygen atoms in total. The topological polar surface area (TPSA) is 43.4 Å². The van der Waals surface area contributed by atoms with E-state index in [1.54, 1.807) is 20.4 Å². The zero-order valence-corrected chi connectivity index (χ0v) is 15.4. The smallest absolute Gasteiger partial charge is 0.126 e. The van der Waals surface area contributed by atoms with Crippen LogP contribution in [0.25, 0.3) is 11.1 Å². The van der Waals surface area contributed by atoms with Crippen molar-refractivity contribution in [2.75, 3.05) is 14.2 Å². The van der Waals surface area contributed by atoms with Crippen LogP contribution in [-0.4, -0.2) is 19.2 Å². The molecule has 0 aliphatic carbocycles. The van der Waals surface area contributed by atoms with Gasteiger partial charge in [-0.3, -0.25) is 4.98 Å². The van der Waals surface area contributed by atoms with Crippen molar-refractivity contribution in [3.63, 3.8) is 0 Å². The summed E-state index contributed by atoms with van der Waals surface area (Å²) in [4.78, 5) is 4.21. The highest BCUT2D eigenvalue weighted by Crippen LogP contribution is 2.30. The molecule has 0 fully saturated rings. The molecule has 0 bridgehead atoms. The maximum absolute atomic E-state index is 5.51. The fourth-order valence-corrected chi connectivity index (χ4v) is 2.91. The van der Waals surface area contributed by atoms with Gasteiger partial charge in [0.25, 0.3) is 0 Å². The number of rotatable bonds is 7. The van der Waals surface area contributed by atoms with E-state index < -0.39 is 0 Å². The van der Waals surface area contributed by atoms with Gasteiger partial charge in [0.05, 0.1) is 14.2 Å². The van der Waals surface area contributed by atoms with Crippen molar-refractivity contribution in [1.82, 2.24) is 10.3 Å². The molecule has 1 aromatic heterocycles. The van der Waals surface area contributed by atoms with Crippen LogP contribution in [0, 0.1) is 0 Å². The number of hydrogen-bond acceptors (Lipinski definition) is 4. The molecule has 4 heteroatoms. The van der Waals surface area contributed by atoms with Crippen molar-refractivity contribution in [3.05, 3.63) is 78.1 Å². The van der Waals surface area contributed by atoms with Gasteiger partial charge in [0, 0.05) is 36.1 Å². The minimum Gasteiger partial charge on any atom is -0.497 e. The molecule has 0 radical (unpaired) electrons. The van der Waals surface area contributed by atoms with E-state index in [0.717, 1.165) is 29.2 Å². The molecule has 1 heterocycles. The first kappa shape index (κ1) is 18.0. The summed E-state index contributed by atoms with van der Waals surface area (Å²) in [6.07, 6.45) is 3.63. The van der Waals surface area contributed by atoms with Gasteiger partial charge < -0.3 is 14.8 Å². The first-order chi connectivity index (χ1) is 12.7. The predicted octanol–water partition coefficient (Wildman–Crippen LogP) is 4.62. The van der Waals surface area contributed by atoms with E-state index in [1.165, 1.54) is 11.1 Å². The molecule has 26 heavy (non-hydrogen) atoms. The van der Waals surface area contributed by atoms with E-state index in [2.05, 4.69) is 41.5 Å². The van der Waals surface area contributed by atoms with Gasteiger partial charge in [-0.05, 0) is 48.4 Å². The molecule has 0 spiro atoms. The van der Waals surface area contributed by atoms with E-state index in [4.69, 9.17) is 9.47 Å². The van der Waals surface area contributed by atoms with Crippen molar-refractivity contribution >= 4 is 0 Å². The standard InChI is InChI=1S/C22H24N2O2/c1-16(18-6-4-8-20(13-18)25-2)24-14-17-9-10-22(26-3)21(12-17)19-7-5-11-23-15-19/h4-13,15-16,24H,14H2,1-3H3/t16-/m1/s1. The Morgan fingerprint density at radius 2 is 1.88 bits per heavy atom. The minimum atomic E-state index is 0.217. The number of pyridine rings is 1. The molecule has 0 aliphatic rings. The first-order valence-electron chi connectivity index (χ1n) is 8.66. The van der Waals surface area contributed by atoms with Gasteiger partial charge >= 0.3 is 0 Å². The number of ether oxygens (including phenoxy) is 2. The lowest BCUT2D eigenvalue weighted by Crippen LogP contribution is -2.18. The summed E-state index contributed by atoms with van der Waals surface area (Å²) in [6, 6.07) is 18.6. The lowest BCUT2D eigenvalue weighted by molar-refractivity contribution is 0.413. The van der Waals surface area contributed by atoms with E-state index in [9.17, 15) is 0 Å². The molecule has 0 aliphatic heterocycles. The summed E-state index contributed by atoms with van der Waals surface area (Å²) in [5, 5.41) is 3.57. The monoisotopic (exact) mass is 348 g/mol. The first-order valence-corrected chi connectivity index (χ1v) is 8.66. The van der Waals surface area contributed by atoms with Crippen molar-refractivity contribution in [2.45, 2.75) is 19.5 Å². The number of nitrogens with one attached hydrogen (secondary N) is 1. The molecule has 0 amide bonds. The summed E-state index contributed by atoms with van der Waals surface area (Å²) in [5.74, 6) is 1.72. The normalized spacial score (nSPS) is 11.8. The van der Waals surface area contributed by atoms with Gasteiger partial charge in [0.1, 0.15) is 11.5 Å². The molecule has 0 unspecified atom stereocenters. The molecule has 3 rings (SSSR count). The number of hydrogen-bond donors (Lipinski definition) is 1. The Kier molecular flexibility index (Phi) is 5.87. The summed E-state index contributed by atoms with van der Waals surface area (Å²) >= 11 is 0. The van der Waals surface area contributed by atoms with Gasteiger partial charge in [0.15, 0.2) is 0 Å². The molecule has 1 N–H and O–H groups in total. The maximum Gasteiger partial charge on any atom is 0.126 e. The predicted molar refractivity (Wildman–Crippen MR) is 104 cm³/mol. The lowest BCUT2D eigenvalue weighted by Gasteiger charge is -2.16. The molecule has 0 saturated carbocycles. The summed E-state index contributed by atoms with van der Waals surface area (Å²) in [6.45, 7) is 2.91. The van der Waals surface area contributed by atoms with Crippen LogP contribution in [0.3, 0.4) is 0 Å². The zero-order chi connectivity index (χ0) is 18.4. The number of aromatic nitrogens is 1. The third-order valence-electron chi connectivity index (χ3n) is 4.44. The van der Waals surface area contributed by atoms with Gasteiger partial charge in [0.2, 0.25) is 0 Å². The fourth-order valence-electron chi connectivity index (χ4n) is 2.91. The average molecular weight is 348 g/mol. The number of benzene rings is 2. The SMILES string of the molecule is COc1cccc([C@@H](C)NCc2ccc(OC)c(-c3cccnc3)c2)c1. The summed E-state index contributed by atoms with van der Waals surface area (Å²) in [5.41, 5.74) is 4.49. The zero-order valence-electron chi connectivity index (χ0n) is 15.4. The minimum absolute atomic E-state index is 0.217. The van der Waals surface area contributed by atoms with Crippen LogP contribution < -0.4 is 14.8 Å². The average Bonchev–Trinajstić information content (AvgIpc) is 2.72. The molecular formula is C22H24N2O2. The molecule has 0 saturated heterocycles. The molecule has 1 atom stereocenters. The van der Waals surface area contributed by atoms with Crippen LogP contribution in [-0.2, 0) is 6.54 Å². The summed E-state index contributed by atoms with van der Waals surface area (Å²) < 4.78 is 10.8. The largest absolute Gasteiger partial charge is 0.497 e. The third kappa shape index (κ3) is 4.21. The van der Waals surface area contributed by atoms with Crippen LogP contribution in [0.15, 0.2) is 67.0 Å².